The van der Waals surface area contributed by atoms with E-state index in [1.165, 1.54) is 17.4 Å². The quantitative estimate of drug-likeness (QED) is 0.639. The zero-order valence-electron chi connectivity index (χ0n) is 10.1. The maximum absolute atomic E-state index is 5.84. The van der Waals surface area contributed by atoms with Crippen LogP contribution in [0.4, 0.5) is 0 Å². The van der Waals surface area contributed by atoms with Gasteiger partial charge in [0.15, 0.2) is 6.23 Å². The number of nitrogens with zero attached hydrogens (tertiary/aromatic N) is 2. The number of hydrogen-bond donors (Lipinski definition) is 0. The molecule has 0 spiro atoms. The summed E-state index contributed by atoms with van der Waals surface area (Å²) in [5, 5.41) is 5.86. The lowest BCUT2D eigenvalue weighted by Crippen LogP contribution is -2.19. The van der Waals surface area contributed by atoms with Crippen molar-refractivity contribution in [1.29, 1.82) is 0 Å². The number of ether oxygens (including phenoxy) is 1. The van der Waals surface area contributed by atoms with Crippen LogP contribution in [0.15, 0.2) is 16.6 Å². The minimum absolute atomic E-state index is 0.0966. The van der Waals surface area contributed by atoms with Crippen molar-refractivity contribution in [3.63, 3.8) is 0 Å². The Morgan fingerprint density at radius 2 is 2.28 bits per heavy atom. The molecule has 0 N–H and O–H groups in total. The van der Waals surface area contributed by atoms with Crippen molar-refractivity contribution in [3.05, 3.63) is 25.9 Å². The van der Waals surface area contributed by atoms with E-state index in [4.69, 9.17) is 4.74 Å². The second-order valence-electron chi connectivity index (χ2n) is 4.65. The van der Waals surface area contributed by atoms with Crippen LogP contribution in [0.25, 0.3) is 10.9 Å². The largest absolute Gasteiger partial charge is 0.356 e. The molecular weight excluding hydrogens is 407 g/mol. The van der Waals surface area contributed by atoms with E-state index in [0.29, 0.717) is 0 Å². The van der Waals surface area contributed by atoms with Gasteiger partial charge in [0.1, 0.15) is 3.70 Å². The number of aryl methyl sites for hydroxylation is 1. The standard InChI is InChI=1S/C13H14BrIN2O/c1-8-5-6-9-11(12(8)14)13(15)16-17(9)10-4-2-3-7-18-10/h5-6,10H,2-4,7H2,1H3. The van der Waals surface area contributed by atoms with Gasteiger partial charge in [-0.1, -0.05) is 6.07 Å². The van der Waals surface area contributed by atoms with E-state index in [2.05, 4.69) is 62.7 Å². The Morgan fingerprint density at radius 3 is 3.00 bits per heavy atom. The van der Waals surface area contributed by atoms with Crippen LogP contribution in [0.1, 0.15) is 31.1 Å². The molecule has 96 valence electrons. The molecular formula is C13H14BrIN2O. The predicted octanol–water partition coefficient (Wildman–Crippen LogP) is 4.41. The second-order valence-corrected chi connectivity index (χ2v) is 6.46. The molecule has 0 radical (unpaired) electrons. The third kappa shape index (κ3) is 2.10. The molecule has 1 atom stereocenters. The molecule has 1 saturated heterocycles. The van der Waals surface area contributed by atoms with Crippen molar-refractivity contribution >= 4 is 49.4 Å². The maximum Gasteiger partial charge on any atom is 0.150 e. The van der Waals surface area contributed by atoms with Gasteiger partial charge in [-0.25, -0.2) is 4.68 Å². The van der Waals surface area contributed by atoms with E-state index >= 15 is 0 Å². The Morgan fingerprint density at radius 1 is 1.44 bits per heavy atom. The lowest BCUT2D eigenvalue weighted by Gasteiger charge is -2.23. The van der Waals surface area contributed by atoms with Gasteiger partial charge in [0.05, 0.1) is 5.52 Å². The Labute approximate surface area is 128 Å². The summed E-state index contributed by atoms with van der Waals surface area (Å²) in [5.74, 6) is 0. The summed E-state index contributed by atoms with van der Waals surface area (Å²) in [6.07, 6.45) is 3.53. The summed E-state index contributed by atoms with van der Waals surface area (Å²) in [6, 6.07) is 4.27. The molecule has 0 aliphatic carbocycles. The van der Waals surface area contributed by atoms with Gasteiger partial charge < -0.3 is 4.74 Å². The first-order valence-corrected chi connectivity index (χ1v) is 8.00. The fourth-order valence-electron chi connectivity index (χ4n) is 2.39. The lowest BCUT2D eigenvalue weighted by atomic mass is 10.1. The highest BCUT2D eigenvalue weighted by Gasteiger charge is 2.21. The molecule has 1 unspecified atom stereocenters. The van der Waals surface area contributed by atoms with E-state index in [0.717, 1.165) is 33.1 Å². The van der Waals surface area contributed by atoms with Gasteiger partial charge in [-0.15, -0.1) is 0 Å². The van der Waals surface area contributed by atoms with Gasteiger partial charge in [-0.3, -0.25) is 0 Å². The first-order valence-electron chi connectivity index (χ1n) is 6.13. The summed E-state index contributed by atoms with van der Waals surface area (Å²) in [6.45, 7) is 2.95. The van der Waals surface area contributed by atoms with E-state index in [-0.39, 0.29) is 6.23 Å². The highest BCUT2D eigenvalue weighted by atomic mass is 127. The van der Waals surface area contributed by atoms with Crippen LogP contribution in [0.5, 0.6) is 0 Å². The van der Waals surface area contributed by atoms with E-state index in [9.17, 15) is 0 Å². The van der Waals surface area contributed by atoms with Crippen molar-refractivity contribution in [2.45, 2.75) is 32.4 Å². The van der Waals surface area contributed by atoms with Crippen molar-refractivity contribution < 1.29 is 4.74 Å². The summed E-state index contributed by atoms with van der Waals surface area (Å²) in [5.41, 5.74) is 2.40. The van der Waals surface area contributed by atoms with Crippen LogP contribution >= 0.6 is 38.5 Å². The van der Waals surface area contributed by atoms with E-state index < -0.39 is 0 Å². The highest BCUT2D eigenvalue weighted by Crippen LogP contribution is 2.34. The second kappa shape index (κ2) is 5.09. The summed E-state index contributed by atoms with van der Waals surface area (Å²) in [4.78, 5) is 0. The van der Waals surface area contributed by atoms with Crippen molar-refractivity contribution in [3.8, 4) is 0 Å². The molecule has 1 fully saturated rings. The number of rotatable bonds is 1. The van der Waals surface area contributed by atoms with Crippen LogP contribution in [-0.2, 0) is 4.74 Å². The van der Waals surface area contributed by atoms with Crippen molar-refractivity contribution in [1.82, 2.24) is 9.78 Å². The Kier molecular flexibility index (Phi) is 3.64. The Balaban J connectivity index is 2.16. The topological polar surface area (TPSA) is 27.1 Å². The number of hydrogen-bond acceptors (Lipinski definition) is 2. The average molecular weight is 421 g/mol. The monoisotopic (exact) mass is 420 g/mol. The molecule has 18 heavy (non-hydrogen) atoms. The van der Waals surface area contributed by atoms with E-state index in [1.54, 1.807) is 0 Å². The number of fused-ring (bicyclic) bond motifs is 1. The molecule has 2 heterocycles. The minimum Gasteiger partial charge on any atom is -0.356 e. The molecule has 0 saturated carbocycles. The molecule has 3 rings (SSSR count). The smallest absolute Gasteiger partial charge is 0.150 e. The average Bonchev–Trinajstić information content (AvgIpc) is 2.73. The zero-order valence-corrected chi connectivity index (χ0v) is 13.9. The van der Waals surface area contributed by atoms with E-state index in [1.807, 2.05) is 4.68 Å². The van der Waals surface area contributed by atoms with Gasteiger partial charge in [0, 0.05) is 16.5 Å². The third-order valence-corrected chi connectivity index (χ3v) is 5.17. The van der Waals surface area contributed by atoms with Crippen molar-refractivity contribution in [2.24, 2.45) is 0 Å². The van der Waals surface area contributed by atoms with Crippen LogP contribution < -0.4 is 0 Å². The Hall–Kier alpha value is -0.140. The molecule has 1 aromatic carbocycles. The molecule has 2 aromatic rings. The predicted molar refractivity (Wildman–Crippen MR) is 83.7 cm³/mol. The van der Waals surface area contributed by atoms with Gasteiger partial charge >= 0.3 is 0 Å². The lowest BCUT2D eigenvalue weighted by molar-refractivity contribution is -0.0368. The molecule has 0 bridgehead atoms. The normalized spacial score (nSPS) is 20.5. The molecule has 3 nitrogen and oxygen atoms in total. The van der Waals surface area contributed by atoms with Gasteiger partial charge in [0.2, 0.25) is 0 Å². The van der Waals surface area contributed by atoms with Crippen LogP contribution in [0, 0.1) is 10.6 Å². The summed E-state index contributed by atoms with van der Waals surface area (Å²) >= 11 is 5.97. The molecule has 1 aliphatic heterocycles. The van der Waals surface area contributed by atoms with Gasteiger partial charge in [-0.2, -0.15) is 5.10 Å². The minimum atomic E-state index is 0.0966. The van der Waals surface area contributed by atoms with Crippen LogP contribution in [-0.4, -0.2) is 16.4 Å². The summed E-state index contributed by atoms with van der Waals surface area (Å²) in [7, 11) is 0. The van der Waals surface area contributed by atoms with Crippen LogP contribution in [0.2, 0.25) is 0 Å². The summed E-state index contributed by atoms with van der Waals surface area (Å²) < 4.78 is 10.1. The Bertz CT molecular complexity index is 590. The number of benzene rings is 1. The third-order valence-electron chi connectivity index (χ3n) is 3.39. The fourth-order valence-corrected chi connectivity index (χ4v) is 4.06. The van der Waals surface area contributed by atoms with Gasteiger partial charge in [-0.05, 0) is 76.3 Å². The SMILES string of the molecule is Cc1ccc2c(c(I)nn2C2CCCCO2)c1Br. The molecule has 1 aromatic heterocycles. The number of halogens is 2. The van der Waals surface area contributed by atoms with Gasteiger partial charge in [0.25, 0.3) is 0 Å². The zero-order chi connectivity index (χ0) is 12.7. The molecule has 5 heteroatoms. The van der Waals surface area contributed by atoms with Crippen LogP contribution in [0.3, 0.4) is 0 Å². The molecule has 1 aliphatic rings. The fraction of sp³-hybridized carbons (Fsp3) is 0.462. The molecule has 0 amide bonds. The number of aromatic nitrogens is 2. The first kappa shape index (κ1) is 12.9. The van der Waals surface area contributed by atoms with Crippen molar-refractivity contribution in [2.75, 3.05) is 6.61 Å². The highest BCUT2D eigenvalue weighted by molar-refractivity contribution is 14.1. The maximum atomic E-state index is 5.84. The first-order chi connectivity index (χ1) is 8.68.